The number of carbonyl (C=O) groups is 2. The number of Topliss-reactive ketones (excluding diaryl/α,β-unsaturated/α-hetero) is 1. The van der Waals surface area contributed by atoms with E-state index in [0.29, 0.717) is 59.6 Å². The Balaban J connectivity index is 1.71. The van der Waals surface area contributed by atoms with E-state index < -0.39 is 0 Å². The number of ether oxygens (including phenoxy) is 2. The van der Waals surface area contributed by atoms with E-state index in [2.05, 4.69) is 11.7 Å². The van der Waals surface area contributed by atoms with Gasteiger partial charge in [0.25, 0.3) is 0 Å². The number of methoxy groups -OCH3 is 1. The first kappa shape index (κ1) is 20.5. The van der Waals surface area contributed by atoms with Crippen LogP contribution in [0.3, 0.4) is 0 Å². The molecule has 0 bridgehead atoms. The average molecular weight is 413 g/mol. The zero-order valence-electron chi connectivity index (χ0n) is 15.9. The fourth-order valence-electron chi connectivity index (χ4n) is 4.45. The van der Waals surface area contributed by atoms with Crippen LogP contribution in [0.15, 0.2) is 6.07 Å². The smallest absolute Gasteiger partial charge is 0.305 e. The van der Waals surface area contributed by atoms with E-state index in [1.54, 1.807) is 0 Å². The van der Waals surface area contributed by atoms with Gasteiger partial charge in [-0.25, -0.2) is 0 Å². The van der Waals surface area contributed by atoms with Gasteiger partial charge < -0.3 is 9.47 Å². The number of rotatable bonds is 7. The third-order valence-electron chi connectivity index (χ3n) is 6.08. The normalized spacial score (nSPS) is 22.1. The van der Waals surface area contributed by atoms with Crippen molar-refractivity contribution in [1.82, 2.24) is 0 Å². The minimum Gasteiger partial charge on any atom is -0.492 e. The van der Waals surface area contributed by atoms with Crippen LogP contribution in [0, 0.1) is 11.3 Å². The van der Waals surface area contributed by atoms with Gasteiger partial charge in [-0.3, -0.25) is 9.59 Å². The van der Waals surface area contributed by atoms with Crippen molar-refractivity contribution in [3.05, 3.63) is 27.2 Å². The Bertz CT molecular complexity index is 740. The number of esters is 1. The van der Waals surface area contributed by atoms with Gasteiger partial charge >= 0.3 is 5.97 Å². The summed E-state index contributed by atoms with van der Waals surface area (Å²) in [5, 5.41) is 0.609. The van der Waals surface area contributed by atoms with E-state index in [0.717, 1.165) is 18.4 Å². The molecule has 3 rings (SSSR count). The third-order valence-corrected chi connectivity index (χ3v) is 6.93. The van der Waals surface area contributed by atoms with Gasteiger partial charge in [0.15, 0.2) is 5.78 Å². The fourth-order valence-corrected chi connectivity index (χ4v) is 4.96. The maximum Gasteiger partial charge on any atom is 0.305 e. The van der Waals surface area contributed by atoms with E-state index in [1.165, 1.54) is 20.0 Å². The number of carbonyl (C=O) groups excluding carboxylic acids is 2. The van der Waals surface area contributed by atoms with Crippen LogP contribution in [0.1, 0.15) is 67.8 Å². The van der Waals surface area contributed by atoms with Gasteiger partial charge in [-0.05, 0) is 49.7 Å². The van der Waals surface area contributed by atoms with Crippen LogP contribution in [0.25, 0.3) is 0 Å². The van der Waals surface area contributed by atoms with Crippen molar-refractivity contribution in [2.75, 3.05) is 13.7 Å². The summed E-state index contributed by atoms with van der Waals surface area (Å²) >= 11 is 12.9. The average Bonchev–Trinajstić information content (AvgIpc) is 3.27. The van der Waals surface area contributed by atoms with Gasteiger partial charge in [0, 0.05) is 17.4 Å². The molecule has 0 aromatic heterocycles. The number of unbranched alkanes of at least 4 members (excludes halogenated alkanes) is 1. The Morgan fingerprint density at radius 3 is 2.59 bits per heavy atom. The molecule has 27 heavy (non-hydrogen) atoms. The van der Waals surface area contributed by atoms with Crippen LogP contribution < -0.4 is 4.74 Å². The summed E-state index contributed by atoms with van der Waals surface area (Å²) in [6.07, 6.45) is 7.04. The van der Waals surface area contributed by atoms with Gasteiger partial charge in [-0.1, -0.05) is 43.0 Å². The molecule has 148 valence electrons. The molecule has 0 spiro atoms. The molecule has 1 aromatic carbocycles. The van der Waals surface area contributed by atoms with Gasteiger partial charge in [0.05, 0.1) is 18.7 Å². The van der Waals surface area contributed by atoms with Crippen molar-refractivity contribution in [3.8, 4) is 5.75 Å². The second-order valence-electron chi connectivity index (χ2n) is 7.82. The zero-order valence-corrected chi connectivity index (χ0v) is 17.4. The van der Waals surface area contributed by atoms with Gasteiger partial charge in [-0.15, -0.1) is 0 Å². The van der Waals surface area contributed by atoms with E-state index in [4.69, 9.17) is 27.9 Å². The predicted molar refractivity (Wildman–Crippen MR) is 106 cm³/mol. The molecule has 1 aromatic rings. The summed E-state index contributed by atoms with van der Waals surface area (Å²) < 4.78 is 10.4. The van der Waals surface area contributed by atoms with Crippen molar-refractivity contribution in [3.63, 3.8) is 0 Å². The Morgan fingerprint density at radius 1 is 1.22 bits per heavy atom. The monoisotopic (exact) mass is 412 g/mol. The maximum atomic E-state index is 13.2. The molecule has 0 heterocycles. The minimum absolute atomic E-state index is 0.126. The largest absolute Gasteiger partial charge is 0.492 e. The fraction of sp³-hybridized carbons (Fsp3) is 0.619. The summed E-state index contributed by atoms with van der Waals surface area (Å²) in [6.45, 7) is 2.50. The standard InChI is InChI=1S/C21H26Cl2O4/c1-21(14-7-3-4-8-14)12-13-11-15(18(22)19(23)17(13)20(21)25)27-10-6-5-9-16(24)26-2/h11,14H,3-10,12H2,1-2H3. The van der Waals surface area contributed by atoms with Crippen LogP contribution in [0.5, 0.6) is 5.75 Å². The lowest BCUT2D eigenvalue weighted by molar-refractivity contribution is -0.140. The van der Waals surface area contributed by atoms with E-state index in [9.17, 15) is 9.59 Å². The Labute approximate surface area is 170 Å². The number of hydrogen-bond donors (Lipinski definition) is 0. The molecule has 0 amide bonds. The highest BCUT2D eigenvalue weighted by Gasteiger charge is 2.49. The molecule has 0 aliphatic heterocycles. The van der Waals surface area contributed by atoms with Crippen molar-refractivity contribution in [1.29, 1.82) is 0 Å². The molecular formula is C21H26Cl2O4. The van der Waals surface area contributed by atoms with Crippen LogP contribution in [-0.4, -0.2) is 25.5 Å². The Hall–Kier alpha value is -1.26. The molecule has 2 aliphatic rings. The lowest BCUT2D eigenvalue weighted by atomic mass is 9.73. The van der Waals surface area contributed by atoms with E-state index in [-0.39, 0.29) is 17.2 Å². The molecule has 6 heteroatoms. The third kappa shape index (κ3) is 3.97. The Morgan fingerprint density at radius 2 is 1.93 bits per heavy atom. The summed E-state index contributed by atoms with van der Waals surface area (Å²) in [7, 11) is 1.38. The lowest BCUT2D eigenvalue weighted by Crippen LogP contribution is -2.32. The zero-order chi connectivity index (χ0) is 19.6. The first-order chi connectivity index (χ1) is 12.9. The van der Waals surface area contributed by atoms with E-state index >= 15 is 0 Å². The number of fused-ring (bicyclic) bond motifs is 1. The summed E-state index contributed by atoms with van der Waals surface area (Å²) in [5.74, 6) is 0.830. The molecule has 4 nitrogen and oxygen atoms in total. The van der Waals surface area contributed by atoms with Crippen molar-refractivity contribution >= 4 is 35.0 Å². The quantitative estimate of drug-likeness (QED) is 0.428. The minimum atomic E-state index is -0.384. The van der Waals surface area contributed by atoms with E-state index in [1.807, 2.05) is 6.07 Å². The number of halogens is 2. The molecule has 2 aliphatic carbocycles. The second-order valence-corrected chi connectivity index (χ2v) is 8.58. The summed E-state index contributed by atoms with van der Waals surface area (Å²) in [5.41, 5.74) is 1.13. The highest BCUT2D eigenvalue weighted by molar-refractivity contribution is 6.45. The van der Waals surface area contributed by atoms with Crippen LogP contribution in [0.4, 0.5) is 0 Å². The maximum absolute atomic E-state index is 13.2. The SMILES string of the molecule is COC(=O)CCCCOc1cc2c(c(Cl)c1Cl)C(=O)C(C)(C1CCCC1)C2. The molecule has 0 saturated heterocycles. The van der Waals surface area contributed by atoms with Crippen LogP contribution in [0.2, 0.25) is 10.0 Å². The van der Waals surface area contributed by atoms with Crippen molar-refractivity contribution in [2.24, 2.45) is 11.3 Å². The highest BCUT2D eigenvalue weighted by Crippen LogP contribution is 2.52. The summed E-state index contributed by atoms with van der Waals surface area (Å²) in [4.78, 5) is 24.3. The highest BCUT2D eigenvalue weighted by atomic mass is 35.5. The predicted octanol–water partition coefficient (Wildman–Crippen LogP) is 5.65. The second kappa shape index (κ2) is 8.40. The van der Waals surface area contributed by atoms with Crippen molar-refractivity contribution < 1.29 is 19.1 Å². The molecular weight excluding hydrogens is 387 g/mol. The van der Waals surface area contributed by atoms with Gasteiger partial charge in [0.2, 0.25) is 0 Å². The first-order valence-corrected chi connectivity index (χ1v) is 10.4. The molecule has 1 saturated carbocycles. The first-order valence-electron chi connectivity index (χ1n) is 9.63. The number of hydrogen-bond acceptors (Lipinski definition) is 4. The molecule has 1 fully saturated rings. The molecule has 1 atom stereocenters. The molecule has 0 radical (unpaired) electrons. The van der Waals surface area contributed by atoms with Gasteiger partial charge in [-0.2, -0.15) is 0 Å². The summed E-state index contributed by atoms with van der Waals surface area (Å²) in [6, 6.07) is 1.88. The topological polar surface area (TPSA) is 52.6 Å². The number of ketones is 1. The number of benzene rings is 1. The molecule has 0 N–H and O–H groups in total. The van der Waals surface area contributed by atoms with Crippen LogP contribution >= 0.6 is 23.2 Å². The lowest BCUT2D eigenvalue weighted by Gasteiger charge is -2.29. The molecule has 1 unspecified atom stereocenters. The van der Waals surface area contributed by atoms with Crippen molar-refractivity contribution in [2.45, 2.75) is 58.3 Å². The van der Waals surface area contributed by atoms with Gasteiger partial charge in [0.1, 0.15) is 10.8 Å². The Kier molecular flexibility index (Phi) is 6.37. The van der Waals surface area contributed by atoms with Crippen LogP contribution in [-0.2, 0) is 16.0 Å².